The Morgan fingerprint density at radius 3 is 2.44 bits per heavy atom. The molecule has 0 saturated heterocycles. The number of aromatic amines is 1. The van der Waals surface area contributed by atoms with E-state index in [2.05, 4.69) is 17.1 Å². The molecule has 1 saturated carbocycles. The van der Waals surface area contributed by atoms with Gasteiger partial charge in [0.1, 0.15) is 0 Å². The summed E-state index contributed by atoms with van der Waals surface area (Å²) in [7, 11) is 0. The normalized spacial score (nSPS) is 16.8. The molecule has 4 nitrogen and oxygen atoms in total. The summed E-state index contributed by atoms with van der Waals surface area (Å²) in [6.07, 6.45) is 4.07. The number of H-pyrrole nitrogens is 1. The van der Waals surface area contributed by atoms with Crippen LogP contribution in [0.15, 0.2) is 35.3 Å². The van der Waals surface area contributed by atoms with Gasteiger partial charge in [-0.2, -0.15) is 0 Å². The van der Waals surface area contributed by atoms with Gasteiger partial charge in [-0.3, -0.25) is 4.57 Å². The minimum Gasteiger partial charge on any atom is -0.330 e. The first-order valence-corrected chi connectivity index (χ1v) is 6.24. The standard InChI is InChI=1S/C14H17N3O/c1-10-8-16-13(18)17(10)12-4-2-11(3-5-12)14(9-15)6-7-14/h2-5,8H,6-7,9,15H2,1H3,(H,16,18). The molecule has 1 heterocycles. The molecule has 1 fully saturated rings. The Morgan fingerprint density at radius 2 is 2.00 bits per heavy atom. The van der Waals surface area contributed by atoms with Crippen LogP contribution in [-0.4, -0.2) is 16.1 Å². The van der Waals surface area contributed by atoms with Gasteiger partial charge in [-0.1, -0.05) is 12.1 Å². The number of rotatable bonds is 3. The van der Waals surface area contributed by atoms with Gasteiger partial charge >= 0.3 is 5.69 Å². The third kappa shape index (κ3) is 1.61. The molecular weight excluding hydrogens is 226 g/mol. The summed E-state index contributed by atoms with van der Waals surface area (Å²) in [5.41, 5.74) is 9.02. The lowest BCUT2D eigenvalue weighted by atomic mass is 9.96. The van der Waals surface area contributed by atoms with Gasteiger partial charge in [0.05, 0.1) is 5.69 Å². The number of imidazole rings is 1. The minimum absolute atomic E-state index is 0.0970. The van der Waals surface area contributed by atoms with E-state index in [4.69, 9.17) is 5.73 Å². The van der Waals surface area contributed by atoms with E-state index in [0.29, 0.717) is 6.54 Å². The molecule has 1 aliphatic rings. The lowest BCUT2D eigenvalue weighted by molar-refractivity contribution is 0.704. The SMILES string of the molecule is Cc1c[nH]c(=O)n1-c1ccc(C2(CN)CC2)cc1. The van der Waals surface area contributed by atoms with Crippen LogP contribution in [0.25, 0.3) is 5.69 Å². The van der Waals surface area contributed by atoms with Crippen molar-refractivity contribution in [2.75, 3.05) is 6.54 Å². The molecule has 0 radical (unpaired) electrons. The Morgan fingerprint density at radius 1 is 1.33 bits per heavy atom. The first-order chi connectivity index (χ1) is 8.66. The van der Waals surface area contributed by atoms with E-state index < -0.39 is 0 Å². The predicted molar refractivity (Wildman–Crippen MR) is 71.1 cm³/mol. The van der Waals surface area contributed by atoms with E-state index in [1.807, 2.05) is 19.1 Å². The van der Waals surface area contributed by atoms with Gasteiger partial charge in [0.15, 0.2) is 0 Å². The zero-order valence-electron chi connectivity index (χ0n) is 10.4. The number of hydrogen-bond donors (Lipinski definition) is 2. The average molecular weight is 243 g/mol. The maximum atomic E-state index is 11.7. The topological polar surface area (TPSA) is 63.8 Å². The van der Waals surface area contributed by atoms with Gasteiger partial charge in [0.25, 0.3) is 0 Å². The van der Waals surface area contributed by atoms with E-state index in [1.54, 1.807) is 10.8 Å². The Balaban J connectivity index is 1.99. The fourth-order valence-corrected chi connectivity index (χ4v) is 2.50. The van der Waals surface area contributed by atoms with Crippen LogP contribution in [-0.2, 0) is 5.41 Å². The number of aryl methyl sites for hydroxylation is 1. The summed E-state index contributed by atoms with van der Waals surface area (Å²) in [6.45, 7) is 2.61. The minimum atomic E-state index is -0.0970. The lowest BCUT2D eigenvalue weighted by Gasteiger charge is -2.13. The molecule has 2 aromatic rings. The highest BCUT2D eigenvalue weighted by atomic mass is 16.1. The van der Waals surface area contributed by atoms with Crippen LogP contribution < -0.4 is 11.4 Å². The maximum absolute atomic E-state index is 11.7. The second-order valence-electron chi connectivity index (χ2n) is 5.10. The van der Waals surface area contributed by atoms with Crippen molar-refractivity contribution < 1.29 is 0 Å². The quantitative estimate of drug-likeness (QED) is 0.857. The Kier molecular flexibility index (Phi) is 2.41. The van der Waals surface area contributed by atoms with Gasteiger partial charge in [-0.25, -0.2) is 4.79 Å². The van der Waals surface area contributed by atoms with Crippen LogP contribution in [0.3, 0.4) is 0 Å². The van der Waals surface area contributed by atoms with Crippen LogP contribution in [0.1, 0.15) is 24.1 Å². The van der Waals surface area contributed by atoms with Crippen molar-refractivity contribution in [3.05, 3.63) is 52.2 Å². The summed E-state index contributed by atoms with van der Waals surface area (Å²) in [5.74, 6) is 0. The Hall–Kier alpha value is -1.81. The van der Waals surface area contributed by atoms with Gasteiger partial charge < -0.3 is 10.7 Å². The van der Waals surface area contributed by atoms with Crippen molar-refractivity contribution in [2.45, 2.75) is 25.2 Å². The molecule has 0 amide bonds. The molecular formula is C14H17N3O. The van der Waals surface area contributed by atoms with Crippen LogP contribution >= 0.6 is 0 Å². The molecule has 0 aliphatic heterocycles. The van der Waals surface area contributed by atoms with Gasteiger partial charge in [-0.05, 0) is 37.5 Å². The number of aromatic nitrogens is 2. The molecule has 0 spiro atoms. The highest BCUT2D eigenvalue weighted by Crippen LogP contribution is 2.47. The summed E-state index contributed by atoms with van der Waals surface area (Å²) < 4.78 is 1.67. The second-order valence-corrected chi connectivity index (χ2v) is 5.10. The molecule has 94 valence electrons. The average Bonchev–Trinajstić information content (AvgIpc) is 3.12. The number of nitrogens with one attached hydrogen (secondary N) is 1. The van der Waals surface area contributed by atoms with Gasteiger partial charge in [0.2, 0.25) is 0 Å². The fourth-order valence-electron chi connectivity index (χ4n) is 2.50. The second kappa shape index (κ2) is 3.85. The zero-order chi connectivity index (χ0) is 12.8. The Bertz CT molecular complexity index is 617. The molecule has 0 unspecified atom stereocenters. The molecule has 1 aliphatic carbocycles. The number of hydrogen-bond acceptors (Lipinski definition) is 2. The summed E-state index contributed by atoms with van der Waals surface area (Å²) >= 11 is 0. The fraction of sp³-hybridized carbons (Fsp3) is 0.357. The molecule has 4 heteroatoms. The first kappa shape index (κ1) is 11.3. The number of benzene rings is 1. The highest BCUT2D eigenvalue weighted by molar-refractivity contribution is 5.41. The van der Waals surface area contributed by atoms with Gasteiger partial charge in [-0.15, -0.1) is 0 Å². The van der Waals surface area contributed by atoms with Crippen LogP contribution in [0.5, 0.6) is 0 Å². The highest BCUT2D eigenvalue weighted by Gasteiger charge is 2.42. The lowest BCUT2D eigenvalue weighted by Crippen LogP contribution is -2.20. The third-order valence-corrected chi connectivity index (χ3v) is 3.94. The van der Waals surface area contributed by atoms with Crippen molar-refractivity contribution in [1.82, 2.24) is 9.55 Å². The number of nitrogens with two attached hydrogens (primary N) is 1. The van der Waals surface area contributed by atoms with Crippen molar-refractivity contribution in [3.63, 3.8) is 0 Å². The van der Waals surface area contributed by atoms with E-state index in [9.17, 15) is 4.79 Å². The third-order valence-electron chi connectivity index (χ3n) is 3.94. The number of nitrogens with zero attached hydrogens (tertiary/aromatic N) is 1. The molecule has 3 rings (SSSR count). The Labute approximate surface area is 105 Å². The van der Waals surface area contributed by atoms with Crippen LogP contribution in [0.4, 0.5) is 0 Å². The molecule has 18 heavy (non-hydrogen) atoms. The smallest absolute Gasteiger partial charge is 0.330 e. The molecule has 1 aromatic heterocycles. The van der Waals surface area contributed by atoms with E-state index in [-0.39, 0.29) is 11.1 Å². The van der Waals surface area contributed by atoms with Crippen molar-refractivity contribution >= 4 is 0 Å². The van der Waals surface area contributed by atoms with Crippen molar-refractivity contribution in [2.24, 2.45) is 5.73 Å². The first-order valence-electron chi connectivity index (χ1n) is 6.24. The van der Waals surface area contributed by atoms with E-state index in [1.165, 1.54) is 18.4 Å². The van der Waals surface area contributed by atoms with Crippen LogP contribution in [0.2, 0.25) is 0 Å². The predicted octanol–water partition coefficient (Wildman–Crippen LogP) is 1.46. The van der Waals surface area contributed by atoms with Crippen molar-refractivity contribution in [3.8, 4) is 5.69 Å². The largest absolute Gasteiger partial charge is 0.330 e. The summed E-state index contributed by atoms with van der Waals surface area (Å²) in [6, 6.07) is 8.17. The summed E-state index contributed by atoms with van der Waals surface area (Å²) in [4.78, 5) is 14.4. The van der Waals surface area contributed by atoms with Gasteiger partial charge in [0, 0.05) is 23.9 Å². The molecule has 0 bridgehead atoms. The van der Waals surface area contributed by atoms with E-state index >= 15 is 0 Å². The van der Waals surface area contributed by atoms with Crippen LogP contribution in [0, 0.1) is 6.92 Å². The van der Waals surface area contributed by atoms with E-state index in [0.717, 1.165) is 11.4 Å². The maximum Gasteiger partial charge on any atom is 0.330 e. The zero-order valence-corrected chi connectivity index (χ0v) is 10.4. The van der Waals surface area contributed by atoms with Crippen molar-refractivity contribution in [1.29, 1.82) is 0 Å². The monoisotopic (exact) mass is 243 g/mol. The summed E-state index contributed by atoms with van der Waals surface area (Å²) in [5, 5.41) is 0. The molecule has 3 N–H and O–H groups in total. The molecule has 1 aromatic carbocycles. The molecule has 0 atom stereocenters.